The maximum Gasteiger partial charge on any atom is 0.472 e. The fraction of sp³-hybridized carbons (Fsp3) is 0.727. The number of carboxylic acid groups (broad SMARTS) is 1. The van der Waals surface area contributed by atoms with Crippen LogP contribution in [0.15, 0.2) is 48.6 Å². The number of hydrogen-bond donors (Lipinski definition) is 6. The average Bonchev–Trinajstić information content (AvgIpc) is 3.47. The number of carbonyl (C=O) groups excluding carboxylic acids is 3. The average molecular weight is 872 g/mol. The number of ether oxygens (including phenoxy) is 2. The largest absolute Gasteiger partial charge is 0.480 e. The number of allylic oxidation sites excluding steroid dienone is 6. The van der Waals surface area contributed by atoms with Crippen LogP contribution in [0.5, 0.6) is 0 Å². The number of ketones is 1. The zero-order valence-electron chi connectivity index (χ0n) is 35.9. The standard InChI is InChI=1S/C44H74NO14P/c1-3-5-7-8-9-10-11-12-13-14-15-16-17-18-20-26-43(51)59-36(32-57-60(54,55)58-33-39(45)44(52)53)31-56-42(50)25-22-21-24-35(47)29-38-37(40(48)30-41(38)49)28-27-34(46)23-19-6-4-2/h9-10,12-13,15-16,27-28,34,36-41,46,48-49H,3-8,11,14,17-26,29-33,45H2,1-2H3,(H,52,53)(H,54,55)/b10-9-,13-12-,16-15-,28-27+/t34-,36+,37+,38+,39-,40+,41-/m0/s1. The third-order valence-corrected chi connectivity index (χ3v) is 11.0. The van der Waals surface area contributed by atoms with Crippen LogP contribution in [0.3, 0.4) is 0 Å². The van der Waals surface area contributed by atoms with Gasteiger partial charge in [0.05, 0.1) is 31.5 Å². The third-order valence-electron chi connectivity index (χ3n) is 10.0. The van der Waals surface area contributed by atoms with Crippen molar-refractivity contribution >= 4 is 31.5 Å². The second-order valence-corrected chi connectivity index (χ2v) is 16.9. The molecule has 16 heteroatoms. The Morgan fingerprint density at radius 2 is 1.32 bits per heavy atom. The first-order valence-electron chi connectivity index (χ1n) is 21.8. The number of phosphoric ester groups is 1. The minimum atomic E-state index is -4.82. The first kappa shape index (κ1) is 55.0. The van der Waals surface area contributed by atoms with Crippen molar-refractivity contribution in [1.29, 1.82) is 0 Å². The fourth-order valence-electron chi connectivity index (χ4n) is 6.48. The molecule has 0 spiro atoms. The van der Waals surface area contributed by atoms with Gasteiger partial charge in [0.25, 0.3) is 0 Å². The first-order valence-corrected chi connectivity index (χ1v) is 23.3. The summed E-state index contributed by atoms with van der Waals surface area (Å²) in [5.41, 5.74) is 5.31. The predicted octanol–water partition coefficient (Wildman–Crippen LogP) is 6.95. The lowest BCUT2D eigenvalue weighted by molar-refractivity contribution is -0.161. The second kappa shape index (κ2) is 33.6. The van der Waals surface area contributed by atoms with Gasteiger partial charge < -0.3 is 40.5 Å². The zero-order valence-corrected chi connectivity index (χ0v) is 36.8. The number of Topliss-reactive ketones (excluding diaryl/α,β-unsaturated/α-hetero) is 1. The number of aliphatic hydroxyl groups is 3. The summed E-state index contributed by atoms with van der Waals surface area (Å²) >= 11 is 0. The molecule has 344 valence electrons. The lowest BCUT2D eigenvalue weighted by atomic mass is 9.87. The van der Waals surface area contributed by atoms with Crippen LogP contribution in [0.1, 0.15) is 142 Å². The normalized spacial score (nSPS) is 20.9. The molecule has 0 aromatic carbocycles. The number of unbranched alkanes of at least 4 members (excludes halogenated alkanes) is 8. The lowest BCUT2D eigenvalue weighted by Crippen LogP contribution is -2.34. The van der Waals surface area contributed by atoms with Gasteiger partial charge in [-0.2, -0.15) is 0 Å². The highest BCUT2D eigenvalue weighted by Gasteiger charge is 2.41. The molecule has 0 heterocycles. The van der Waals surface area contributed by atoms with E-state index in [0.29, 0.717) is 32.1 Å². The molecule has 1 fully saturated rings. The van der Waals surface area contributed by atoms with Crippen LogP contribution in [0, 0.1) is 11.8 Å². The number of nitrogens with two attached hydrogens (primary N) is 1. The van der Waals surface area contributed by atoms with Crippen molar-refractivity contribution in [3.05, 3.63) is 48.6 Å². The predicted molar refractivity (Wildman–Crippen MR) is 228 cm³/mol. The van der Waals surface area contributed by atoms with E-state index in [2.05, 4.69) is 48.8 Å². The molecular weight excluding hydrogens is 797 g/mol. The summed E-state index contributed by atoms with van der Waals surface area (Å²) in [7, 11) is -4.82. The van der Waals surface area contributed by atoms with E-state index in [-0.39, 0.29) is 37.9 Å². The lowest BCUT2D eigenvalue weighted by Gasteiger charge is -2.20. The molecule has 0 aromatic rings. The van der Waals surface area contributed by atoms with E-state index in [4.69, 9.17) is 24.8 Å². The highest BCUT2D eigenvalue weighted by atomic mass is 31.2. The highest BCUT2D eigenvalue weighted by Crippen LogP contribution is 2.43. The van der Waals surface area contributed by atoms with Crippen LogP contribution in [-0.4, -0.2) is 99.3 Å². The Labute approximate surface area is 357 Å². The summed E-state index contributed by atoms with van der Waals surface area (Å²) in [5.74, 6) is -3.85. The number of phosphoric acid groups is 1. The Morgan fingerprint density at radius 3 is 1.97 bits per heavy atom. The number of carbonyl (C=O) groups is 4. The molecule has 1 saturated carbocycles. The molecule has 0 saturated heterocycles. The van der Waals surface area contributed by atoms with Crippen molar-refractivity contribution in [3.63, 3.8) is 0 Å². The molecule has 1 rings (SSSR count). The Hall–Kier alpha value is -3.01. The molecule has 8 atom stereocenters. The summed E-state index contributed by atoms with van der Waals surface area (Å²) in [6, 6.07) is -1.58. The Balaban J connectivity index is 2.56. The van der Waals surface area contributed by atoms with Crippen LogP contribution in [0.2, 0.25) is 0 Å². The number of aliphatic hydroxyl groups excluding tert-OH is 3. The van der Waals surface area contributed by atoms with Crippen molar-refractivity contribution in [1.82, 2.24) is 0 Å². The number of aliphatic carboxylic acids is 1. The van der Waals surface area contributed by atoms with Crippen molar-refractivity contribution in [2.24, 2.45) is 17.6 Å². The molecule has 1 aliphatic rings. The van der Waals surface area contributed by atoms with Gasteiger partial charge in [0.1, 0.15) is 18.4 Å². The SMILES string of the molecule is CCCCC/C=C\C/C=C\C/C=C\CCCCC(=O)O[C@H](COC(=O)CCCCC(=O)C[C@@H]1[C@@H](/C=C/[C@@H](O)CCCCC)[C@H](O)C[C@@H]1O)COP(=O)(O)OC[C@H](N)C(=O)O. The van der Waals surface area contributed by atoms with Crippen LogP contribution < -0.4 is 5.73 Å². The Bertz CT molecular complexity index is 1380. The van der Waals surface area contributed by atoms with E-state index in [1.807, 2.05) is 6.08 Å². The van der Waals surface area contributed by atoms with Gasteiger partial charge in [-0.15, -0.1) is 0 Å². The topological polar surface area (TPSA) is 249 Å². The smallest absolute Gasteiger partial charge is 0.472 e. The Kier molecular flexibility index (Phi) is 30.8. The van der Waals surface area contributed by atoms with E-state index in [0.717, 1.165) is 44.9 Å². The highest BCUT2D eigenvalue weighted by molar-refractivity contribution is 7.47. The molecule has 0 bridgehead atoms. The zero-order chi connectivity index (χ0) is 44.6. The summed E-state index contributed by atoms with van der Waals surface area (Å²) in [6.45, 7) is 2.23. The molecular formula is C44H74NO14P. The van der Waals surface area contributed by atoms with Crippen LogP contribution in [0.4, 0.5) is 0 Å². The third kappa shape index (κ3) is 27.8. The maximum absolute atomic E-state index is 12.8. The first-order chi connectivity index (χ1) is 28.7. The van der Waals surface area contributed by atoms with Gasteiger partial charge in [-0.05, 0) is 64.2 Å². The van der Waals surface area contributed by atoms with Crippen LogP contribution in [0.25, 0.3) is 0 Å². The molecule has 0 aliphatic heterocycles. The molecule has 15 nitrogen and oxygen atoms in total. The number of carboxylic acids is 1. The quantitative estimate of drug-likeness (QED) is 0.0161. The second-order valence-electron chi connectivity index (χ2n) is 15.4. The van der Waals surface area contributed by atoms with Gasteiger partial charge in [-0.25, -0.2) is 4.57 Å². The number of esters is 2. The molecule has 60 heavy (non-hydrogen) atoms. The minimum absolute atomic E-state index is 0.0342. The molecule has 0 aromatic heterocycles. The van der Waals surface area contributed by atoms with Gasteiger partial charge in [0, 0.05) is 43.9 Å². The van der Waals surface area contributed by atoms with Gasteiger partial charge >= 0.3 is 25.7 Å². The van der Waals surface area contributed by atoms with Gasteiger partial charge in [-0.1, -0.05) is 94.6 Å². The van der Waals surface area contributed by atoms with E-state index in [1.165, 1.54) is 19.3 Å². The summed E-state index contributed by atoms with van der Waals surface area (Å²) in [4.78, 5) is 59.0. The van der Waals surface area contributed by atoms with Gasteiger partial charge in [-0.3, -0.25) is 28.2 Å². The minimum Gasteiger partial charge on any atom is -0.480 e. The fourth-order valence-corrected chi connectivity index (χ4v) is 7.26. The van der Waals surface area contributed by atoms with Crippen molar-refractivity contribution in [3.8, 4) is 0 Å². The van der Waals surface area contributed by atoms with Crippen LogP contribution >= 0.6 is 7.82 Å². The summed E-state index contributed by atoms with van der Waals surface area (Å²) in [6.07, 6.45) is 25.4. The van der Waals surface area contributed by atoms with Crippen molar-refractivity contribution in [2.75, 3.05) is 19.8 Å². The molecule has 0 radical (unpaired) electrons. The van der Waals surface area contributed by atoms with E-state index in [9.17, 15) is 44.0 Å². The maximum atomic E-state index is 12.8. The number of rotatable bonds is 36. The number of hydrogen-bond acceptors (Lipinski definition) is 13. The molecule has 1 aliphatic carbocycles. The van der Waals surface area contributed by atoms with Gasteiger partial charge in [0.2, 0.25) is 0 Å². The van der Waals surface area contributed by atoms with E-state index >= 15 is 0 Å². The Morgan fingerprint density at radius 1 is 0.750 bits per heavy atom. The van der Waals surface area contributed by atoms with E-state index in [1.54, 1.807) is 12.2 Å². The van der Waals surface area contributed by atoms with E-state index < -0.39 is 87.8 Å². The van der Waals surface area contributed by atoms with Crippen LogP contribution in [-0.2, 0) is 42.3 Å². The molecule has 0 amide bonds. The monoisotopic (exact) mass is 871 g/mol. The summed E-state index contributed by atoms with van der Waals surface area (Å²) < 4.78 is 32.5. The van der Waals surface area contributed by atoms with Gasteiger partial charge in [0.15, 0.2) is 6.10 Å². The molecule has 1 unspecified atom stereocenters. The van der Waals surface area contributed by atoms with Crippen molar-refractivity contribution < 1.29 is 67.6 Å². The van der Waals surface area contributed by atoms with Crippen molar-refractivity contribution in [2.45, 2.75) is 173 Å². The molecule has 7 N–H and O–H groups in total. The summed E-state index contributed by atoms with van der Waals surface area (Å²) in [5, 5.41) is 40.2.